The molecule has 0 saturated carbocycles. The molecular formula is C10H12N2S2. The van der Waals surface area contributed by atoms with Gasteiger partial charge in [0.1, 0.15) is 0 Å². The van der Waals surface area contributed by atoms with Crippen LogP contribution in [0.15, 0.2) is 23.0 Å². The summed E-state index contributed by atoms with van der Waals surface area (Å²) in [5.41, 5.74) is 1.36. The molecule has 0 aliphatic carbocycles. The third kappa shape index (κ3) is 2.41. The van der Waals surface area contributed by atoms with E-state index in [0.717, 1.165) is 13.0 Å². The third-order valence-electron chi connectivity index (χ3n) is 1.90. The van der Waals surface area contributed by atoms with E-state index in [0.29, 0.717) is 0 Å². The van der Waals surface area contributed by atoms with Gasteiger partial charge in [-0.15, -0.1) is 22.7 Å². The predicted molar refractivity (Wildman–Crippen MR) is 62.0 cm³/mol. The fourth-order valence-electron chi connectivity index (χ4n) is 1.31. The van der Waals surface area contributed by atoms with Gasteiger partial charge in [0, 0.05) is 29.4 Å². The highest BCUT2D eigenvalue weighted by Gasteiger charge is 2.02. The van der Waals surface area contributed by atoms with Crippen LogP contribution in [-0.4, -0.2) is 12.0 Å². The molecule has 0 amide bonds. The van der Waals surface area contributed by atoms with E-state index in [4.69, 9.17) is 0 Å². The molecule has 0 spiro atoms. The van der Waals surface area contributed by atoms with E-state index in [1.165, 1.54) is 15.4 Å². The van der Waals surface area contributed by atoms with Gasteiger partial charge >= 0.3 is 0 Å². The Labute approximate surface area is 91.6 Å². The lowest BCUT2D eigenvalue weighted by Gasteiger charge is -1.92. The Morgan fingerprint density at radius 1 is 1.43 bits per heavy atom. The molecule has 0 fully saturated rings. The Morgan fingerprint density at radius 2 is 2.36 bits per heavy atom. The second-order valence-corrected chi connectivity index (χ2v) is 5.03. The molecule has 1 N–H and O–H groups in total. The van der Waals surface area contributed by atoms with Gasteiger partial charge < -0.3 is 5.32 Å². The monoisotopic (exact) mass is 224 g/mol. The first-order chi connectivity index (χ1) is 6.88. The summed E-state index contributed by atoms with van der Waals surface area (Å²) in [6.07, 6.45) is 2.84. The molecule has 0 bridgehead atoms. The molecule has 2 rings (SSSR count). The van der Waals surface area contributed by atoms with E-state index in [1.807, 2.05) is 30.0 Å². The molecule has 4 heteroatoms. The van der Waals surface area contributed by atoms with Crippen molar-refractivity contribution in [2.75, 3.05) is 7.05 Å². The first-order valence-electron chi connectivity index (χ1n) is 4.48. The van der Waals surface area contributed by atoms with Gasteiger partial charge in [-0.2, -0.15) is 0 Å². The lowest BCUT2D eigenvalue weighted by Crippen LogP contribution is -2.03. The Kier molecular flexibility index (Phi) is 3.29. The van der Waals surface area contributed by atoms with Gasteiger partial charge in [0.2, 0.25) is 0 Å². The largest absolute Gasteiger partial charge is 0.316 e. The molecule has 74 valence electrons. The Hall–Kier alpha value is -0.710. The van der Waals surface area contributed by atoms with Crippen LogP contribution in [0.2, 0.25) is 0 Å². The van der Waals surface area contributed by atoms with Crippen LogP contribution in [-0.2, 0) is 13.0 Å². The number of thiazole rings is 1. The van der Waals surface area contributed by atoms with Crippen molar-refractivity contribution in [1.82, 2.24) is 10.3 Å². The maximum Gasteiger partial charge on any atom is 0.0977 e. The first kappa shape index (κ1) is 9.83. The average Bonchev–Trinajstić information content (AvgIpc) is 2.79. The Balaban J connectivity index is 2.03. The number of rotatable bonds is 4. The number of thiophene rings is 1. The van der Waals surface area contributed by atoms with Gasteiger partial charge in [-0.25, -0.2) is 4.98 Å². The maximum absolute atomic E-state index is 4.28. The number of hydrogen-bond acceptors (Lipinski definition) is 4. The topological polar surface area (TPSA) is 24.9 Å². The Morgan fingerprint density at radius 3 is 3.07 bits per heavy atom. The molecule has 0 radical (unpaired) electrons. The maximum atomic E-state index is 4.28. The zero-order chi connectivity index (χ0) is 9.80. The van der Waals surface area contributed by atoms with Crippen molar-refractivity contribution in [2.45, 2.75) is 13.0 Å². The van der Waals surface area contributed by atoms with Crippen LogP contribution in [0, 0.1) is 0 Å². The highest BCUT2D eigenvalue weighted by Crippen LogP contribution is 2.19. The van der Waals surface area contributed by atoms with E-state index in [2.05, 4.69) is 21.7 Å². The van der Waals surface area contributed by atoms with Crippen molar-refractivity contribution < 1.29 is 0 Å². The van der Waals surface area contributed by atoms with Crippen LogP contribution in [0.1, 0.15) is 15.4 Å². The normalized spacial score (nSPS) is 10.6. The zero-order valence-electron chi connectivity index (χ0n) is 7.99. The fourth-order valence-corrected chi connectivity index (χ4v) is 2.93. The molecule has 2 aromatic rings. The van der Waals surface area contributed by atoms with Crippen LogP contribution >= 0.6 is 22.7 Å². The van der Waals surface area contributed by atoms with Crippen LogP contribution in [0.4, 0.5) is 0 Å². The van der Waals surface area contributed by atoms with Gasteiger partial charge in [0.25, 0.3) is 0 Å². The van der Waals surface area contributed by atoms with Crippen molar-refractivity contribution in [3.8, 4) is 0 Å². The van der Waals surface area contributed by atoms with E-state index < -0.39 is 0 Å². The smallest absolute Gasteiger partial charge is 0.0977 e. The summed E-state index contributed by atoms with van der Waals surface area (Å²) in [5.74, 6) is 0. The molecule has 0 aliphatic heterocycles. The number of aromatic nitrogens is 1. The quantitative estimate of drug-likeness (QED) is 0.863. The van der Waals surface area contributed by atoms with Crippen molar-refractivity contribution in [3.63, 3.8) is 0 Å². The highest BCUT2D eigenvalue weighted by atomic mass is 32.1. The zero-order valence-corrected chi connectivity index (χ0v) is 9.62. The number of nitrogens with zero attached hydrogens (tertiary/aromatic N) is 1. The molecule has 0 saturated heterocycles. The van der Waals surface area contributed by atoms with Gasteiger partial charge in [-0.05, 0) is 24.1 Å². The van der Waals surface area contributed by atoms with Gasteiger partial charge in [0.05, 0.1) is 5.01 Å². The summed E-state index contributed by atoms with van der Waals surface area (Å²) in [6.45, 7) is 0.953. The minimum absolute atomic E-state index is 0.953. The highest BCUT2D eigenvalue weighted by molar-refractivity contribution is 7.11. The summed E-state index contributed by atoms with van der Waals surface area (Å²) in [7, 11) is 1.97. The van der Waals surface area contributed by atoms with Crippen LogP contribution in [0.3, 0.4) is 0 Å². The van der Waals surface area contributed by atoms with E-state index in [1.54, 1.807) is 11.3 Å². The minimum atomic E-state index is 0.953. The van der Waals surface area contributed by atoms with Gasteiger partial charge in [0.15, 0.2) is 0 Å². The molecular weight excluding hydrogens is 212 g/mol. The third-order valence-corrected chi connectivity index (χ3v) is 3.66. The van der Waals surface area contributed by atoms with Crippen LogP contribution in [0.5, 0.6) is 0 Å². The number of hydrogen-bond donors (Lipinski definition) is 1. The molecule has 0 unspecified atom stereocenters. The minimum Gasteiger partial charge on any atom is -0.316 e. The SMILES string of the molecule is CNCc1csc(Cc2nccs2)c1. The van der Waals surface area contributed by atoms with Crippen molar-refractivity contribution in [3.05, 3.63) is 38.5 Å². The van der Waals surface area contributed by atoms with Gasteiger partial charge in [-0.1, -0.05) is 0 Å². The molecule has 0 aromatic carbocycles. The van der Waals surface area contributed by atoms with Crippen LogP contribution < -0.4 is 5.32 Å². The standard InChI is InChI=1S/C10H12N2S2/c1-11-6-8-4-9(14-7-8)5-10-12-2-3-13-10/h2-4,7,11H,5-6H2,1H3. The summed E-state index contributed by atoms with van der Waals surface area (Å²) < 4.78 is 0. The molecule has 2 nitrogen and oxygen atoms in total. The van der Waals surface area contributed by atoms with Crippen LogP contribution in [0.25, 0.3) is 0 Å². The Bertz CT molecular complexity index is 378. The van der Waals surface area contributed by atoms with E-state index in [9.17, 15) is 0 Å². The molecule has 14 heavy (non-hydrogen) atoms. The average molecular weight is 224 g/mol. The molecule has 0 aliphatic rings. The second-order valence-electron chi connectivity index (χ2n) is 3.05. The fraction of sp³-hybridized carbons (Fsp3) is 0.300. The number of nitrogens with one attached hydrogen (secondary N) is 1. The molecule has 2 heterocycles. The van der Waals surface area contributed by atoms with E-state index in [-0.39, 0.29) is 0 Å². The lowest BCUT2D eigenvalue weighted by molar-refractivity contribution is 0.820. The summed E-state index contributed by atoms with van der Waals surface area (Å²) in [4.78, 5) is 5.67. The summed E-state index contributed by atoms with van der Waals surface area (Å²) >= 11 is 3.53. The predicted octanol–water partition coefficient (Wildman–Crippen LogP) is 2.51. The first-order valence-corrected chi connectivity index (χ1v) is 6.23. The summed E-state index contributed by atoms with van der Waals surface area (Å²) in [6, 6.07) is 2.25. The molecule has 0 atom stereocenters. The van der Waals surface area contributed by atoms with Crippen molar-refractivity contribution in [2.24, 2.45) is 0 Å². The van der Waals surface area contributed by atoms with Gasteiger partial charge in [-0.3, -0.25) is 0 Å². The van der Waals surface area contributed by atoms with Crippen molar-refractivity contribution >= 4 is 22.7 Å². The lowest BCUT2D eigenvalue weighted by atomic mass is 10.3. The second kappa shape index (κ2) is 4.68. The molecule has 2 aromatic heterocycles. The van der Waals surface area contributed by atoms with Crippen molar-refractivity contribution in [1.29, 1.82) is 0 Å². The summed E-state index contributed by atoms with van der Waals surface area (Å²) in [5, 5.41) is 8.58. The van der Waals surface area contributed by atoms with E-state index >= 15 is 0 Å².